The van der Waals surface area contributed by atoms with Gasteiger partial charge in [0, 0.05) is 46.9 Å². The molecule has 3 aromatic rings. The fraction of sp³-hybridized carbons (Fsp3) is 0.296. The largest absolute Gasteiger partial charge is 0.464 e. The summed E-state index contributed by atoms with van der Waals surface area (Å²) < 4.78 is 16.2. The number of carbonyl (C=O) groups is 2. The molecule has 7 nitrogen and oxygen atoms in total. The minimum Gasteiger partial charge on any atom is -0.464 e. The zero-order valence-corrected chi connectivity index (χ0v) is 20.3. The second-order valence-corrected chi connectivity index (χ2v) is 9.66. The smallest absolute Gasteiger partial charge is 0.336 e. The highest BCUT2D eigenvalue weighted by Crippen LogP contribution is 2.45. The van der Waals surface area contributed by atoms with Crippen LogP contribution in [0.3, 0.4) is 0 Å². The number of methoxy groups -OCH3 is 1. The molecule has 8 heteroatoms. The van der Waals surface area contributed by atoms with Crippen LogP contribution in [-0.4, -0.2) is 32.1 Å². The summed E-state index contributed by atoms with van der Waals surface area (Å²) in [5, 5.41) is 5.70. The second kappa shape index (κ2) is 9.64. The van der Waals surface area contributed by atoms with E-state index in [-0.39, 0.29) is 41.5 Å². The van der Waals surface area contributed by atoms with Crippen LogP contribution in [0.15, 0.2) is 79.8 Å². The van der Waals surface area contributed by atoms with Gasteiger partial charge in [0.05, 0.1) is 29.7 Å². The number of esters is 1. The molecule has 1 aliphatic heterocycles. The van der Waals surface area contributed by atoms with Gasteiger partial charge in [-0.2, -0.15) is 0 Å². The van der Waals surface area contributed by atoms with Crippen LogP contribution in [0.1, 0.15) is 42.0 Å². The van der Waals surface area contributed by atoms with Crippen molar-refractivity contribution < 1.29 is 23.5 Å². The van der Waals surface area contributed by atoms with E-state index in [1.54, 1.807) is 42.5 Å². The summed E-state index contributed by atoms with van der Waals surface area (Å²) in [6.45, 7) is 2.07. The van der Waals surface area contributed by atoms with Gasteiger partial charge in [0.2, 0.25) is 0 Å². The third-order valence-corrected chi connectivity index (χ3v) is 7.57. The van der Waals surface area contributed by atoms with Gasteiger partial charge in [0.15, 0.2) is 11.2 Å². The Bertz CT molecular complexity index is 1410. The van der Waals surface area contributed by atoms with Crippen molar-refractivity contribution in [3.05, 3.63) is 91.2 Å². The molecular weight excluding hydrogens is 466 g/mol. The lowest BCUT2D eigenvalue weighted by molar-refractivity contribution is -0.140. The van der Waals surface area contributed by atoms with Crippen LogP contribution in [0.4, 0.5) is 0 Å². The molecular formula is C27H25NO6S. The van der Waals surface area contributed by atoms with E-state index in [1.165, 1.54) is 13.4 Å². The molecule has 2 aliphatic rings. The number of rotatable bonds is 6. The van der Waals surface area contributed by atoms with Gasteiger partial charge in [-0.3, -0.25) is 9.59 Å². The highest BCUT2D eigenvalue weighted by Gasteiger charge is 2.43. The Morgan fingerprint density at radius 3 is 2.74 bits per heavy atom. The Kier molecular flexibility index (Phi) is 6.40. The van der Waals surface area contributed by atoms with E-state index in [4.69, 9.17) is 13.9 Å². The molecule has 0 spiro atoms. The fourth-order valence-electron chi connectivity index (χ4n) is 4.93. The van der Waals surface area contributed by atoms with Gasteiger partial charge in [-0.25, -0.2) is 4.79 Å². The van der Waals surface area contributed by atoms with Crippen molar-refractivity contribution >= 4 is 34.1 Å². The SMILES string of the molecule is COCCOC(=O)C1=C(C)NC2=C(C(=O)C[C@@H](c3cccs3)C2)[C@@H]1c1coc2ccccc2c1=O. The van der Waals surface area contributed by atoms with E-state index >= 15 is 0 Å². The number of dihydropyridines is 1. The van der Waals surface area contributed by atoms with Crippen LogP contribution >= 0.6 is 11.3 Å². The predicted octanol–water partition coefficient (Wildman–Crippen LogP) is 4.41. The molecule has 0 bridgehead atoms. The summed E-state index contributed by atoms with van der Waals surface area (Å²) in [4.78, 5) is 41.6. The zero-order valence-electron chi connectivity index (χ0n) is 19.5. The Morgan fingerprint density at radius 2 is 1.97 bits per heavy atom. The first-order valence-electron chi connectivity index (χ1n) is 11.4. The molecule has 1 N–H and O–H groups in total. The Morgan fingerprint density at radius 1 is 1.14 bits per heavy atom. The van der Waals surface area contributed by atoms with Gasteiger partial charge in [-0.15, -0.1) is 11.3 Å². The third kappa shape index (κ3) is 4.24. The molecule has 180 valence electrons. The number of hydrogen-bond donors (Lipinski definition) is 1. The van der Waals surface area contributed by atoms with E-state index < -0.39 is 11.9 Å². The summed E-state index contributed by atoms with van der Waals surface area (Å²) in [7, 11) is 1.52. The average molecular weight is 492 g/mol. The van der Waals surface area contributed by atoms with E-state index in [0.29, 0.717) is 35.1 Å². The van der Waals surface area contributed by atoms with E-state index in [9.17, 15) is 14.4 Å². The summed E-state index contributed by atoms with van der Waals surface area (Å²) in [5.74, 6) is -1.52. The zero-order chi connectivity index (χ0) is 24.5. The van der Waals surface area contributed by atoms with Gasteiger partial charge in [-0.1, -0.05) is 18.2 Å². The number of Topliss-reactive ketones (excluding diaryl/α,β-unsaturated/α-hetero) is 1. The molecule has 0 unspecified atom stereocenters. The summed E-state index contributed by atoms with van der Waals surface area (Å²) >= 11 is 1.62. The lowest BCUT2D eigenvalue weighted by Crippen LogP contribution is -2.37. The Labute approximate surface area is 206 Å². The first-order chi connectivity index (χ1) is 17.0. The maximum Gasteiger partial charge on any atom is 0.336 e. The van der Waals surface area contributed by atoms with Crippen LogP contribution in [0.25, 0.3) is 11.0 Å². The van der Waals surface area contributed by atoms with Crippen LogP contribution in [0.5, 0.6) is 0 Å². The molecule has 0 amide bonds. The van der Waals surface area contributed by atoms with Crippen molar-refractivity contribution in [3.63, 3.8) is 0 Å². The van der Waals surface area contributed by atoms with Crippen molar-refractivity contribution in [2.45, 2.75) is 31.6 Å². The number of thiophene rings is 1. The average Bonchev–Trinajstić information content (AvgIpc) is 3.39. The maximum atomic E-state index is 13.6. The van der Waals surface area contributed by atoms with Crippen molar-refractivity contribution in [1.82, 2.24) is 5.32 Å². The molecule has 2 atom stereocenters. The quantitative estimate of drug-likeness (QED) is 0.403. The van der Waals surface area contributed by atoms with E-state index in [2.05, 4.69) is 5.32 Å². The number of carbonyl (C=O) groups excluding carboxylic acids is 2. The standard InChI is InChI=1S/C27H25NO6S/c1-15-23(27(31)33-10-9-32-2)24(18-14-34-21-7-4-3-6-17(21)26(18)30)25-19(28-15)12-16(13-20(25)29)22-8-5-11-35-22/h3-8,11,14,16,24,28H,9-10,12-13H2,1-2H3/t16-,24+/m0/s1. The second-order valence-electron chi connectivity index (χ2n) is 8.68. The summed E-state index contributed by atoms with van der Waals surface area (Å²) in [5.41, 5.74) is 2.40. The lowest BCUT2D eigenvalue weighted by atomic mass is 9.73. The number of hydrogen-bond acceptors (Lipinski definition) is 8. The fourth-order valence-corrected chi connectivity index (χ4v) is 5.76. The topological polar surface area (TPSA) is 94.8 Å². The molecule has 0 radical (unpaired) electrons. The molecule has 3 heterocycles. The minimum absolute atomic E-state index is 0.0467. The predicted molar refractivity (Wildman–Crippen MR) is 132 cm³/mol. The number of ether oxygens (including phenoxy) is 2. The molecule has 0 saturated heterocycles. The van der Waals surface area contributed by atoms with Crippen LogP contribution in [0, 0.1) is 0 Å². The van der Waals surface area contributed by atoms with Crippen molar-refractivity contribution in [1.29, 1.82) is 0 Å². The number of ketones is 1. The highest BCUT2D eigenvalue weighted by atomic mass is 32.1. The monoisotopic (exact) mass is 491 g/mol. The van der Waals surface area contributed by atoms with E-state index in [1.807, 2.05) is 17.5 Å². The van der Waals surface area contributed by atoms with Crippen LogP contribution in [0.2, 0.25) is 0 Å². The number of benzene rings is 1. The maximum absolute atomic E-state index is 13.6. The van der Waals surface area contributed by atoms with Gasteiger partial charge < -0.3 is 19.2 Å². The molecule has 35 heavy (non-hydrogen) atoms. The molecule has 2 aromatic heterocycles. The van der Waals surface area contributed by atoms with Gasteiger partial charge in [0.1, 0.15) is 12.2 Å². The van der Waals surface area contributed by atoms with Crippen LogP contribution < -0.4 is 10.7 Å². The number of fused-ring (bicyclic) bond motifs is 1. The molecule has 1 aromatic carbocycles. The van der Waals surface area contributed by atoms with Crippen LogP contribution in [-0.2, 0) is 19.1 Å². The normalized spacial score (nSPS) is 20.1. The minimum atomic E-state index is -0.876. The van der Waals surface area contributed by atoms with Crippen molar-refractivity contribution in [2.75, 3.05) is 20.3 Å². The lowest BCUT2D eigenvalue weighted by Gasteiger charge is -2.36. The van der Waals surface area contributed by atoms with Gasteiger partial charge >= 0.3 is 5.97 Å². The molecule has 0 saturated carbocycles. The third-order valence-electron chi connectivity index (χ3n) is 6.53. The first-order valence-corrected chi connectivity index (χ1v) is 12.3. The molecule has 5 rings (SSSR count). The number of allylic oxidation sites excluding steroid dienone is 3. The van der Waals surface area contributed by atoms with Crippen molar-refractivity contribution in [2.24, 2.45) is 0 Å². The summed E-state index contributed by atoms with van der Waals surface area (Å²) in [6.07, 6.45) is 2.29. The van der Waals surface area contributed by atoms with Crippen molar-refractivity contribution in [3.8, 4) is 0 Å². The molecule has 1 aliphatic carbocycles. The Hall–Kier alpha value is -3.49. The first kappa shape index (κ1) is 23.3. The van der Waals surface area contributed by atoms with Gasteiger partial charge in [0.25, 0.3) is 0 Å². The summed E-state index contributed by atoms with van der Waals surface area (Å²) in [6, 6.07) is 11.0. The highest BCUT2D eigenvalue weighted by molar-refractivity contribution is 7.10. The molecule has 0 fully saturated rings. The number of nitrogens with one attached hydrogen (secondary N) is 1. The Balaban J connectivity index is 1.64. The van der Waals surface area contributed by atoms with Gasteiger partial charge in [-0.05, 0) is 36.9 Å². The van der Waals surface area contributed by atoms with E-state index in [0.717, 1.165) is 10.6 Å². The number of para-hydroxylation sites is 1.